The van der Waals surface area contributed by atoms with Gasteiger partial charge in [0.2, 0.25) is 0 Å². The van der Waals surface area contributed by atoms with Crippen LogP contribution in [0.15, 0.2) is 54.6 Å². The Balaban J connectivity index is 1.87. The minimum absolute atomic E-state index is 0.0613. The number of halogens is 1. The molecule has 7 heteroatoms. The Morgan fingerprint density at radius 1 is 1.16 bits per heavy atom. The van der Waals surface area contributed by atoms with Gasteiger partial charge in [-0.1, -0.05) is 60.1 Å². The van der Waals surface area contributed by atoms with Gasteiger partial charge in [-0.25, -0.2) is 4.79 Å². The lowest BCUT2D eigenvalue weighted by atomic mass is 10.2. The topological polar surface area (TPSA) is 69.9 Å². The number of ether oxygens (including phenoxy) is 1. The molecule has 0 amide bonds. The number of aromatic nitrogens is 4. The molecule has 1 aromatic heterocycles. The van der Waals surface area contributed by atoms with E-state index in [1.807, 2.05) is 42.5 Å². The number of benzene rings is 2. The number of aryl methyl sites for hydroxylation is 1. The summed E-state index contributed by atoms with van der Waals surface area (Å²) in [7, 11) is 0. The monoisotopic (exact) mass is 354 g/mol. The van der Waals surface area contributed by atoms with E-state index < -0.39 is 5.97 Å². The van der Waals surface area contributed by atoms with Gasteiger partial charge in [0.1, 0.15) is 6.61 Å². The molecule has 3 aromatic rings. The van der Waals surface area contributed by atoms with Gasteiger partial charge in [-0.15, -0.1) is 5.10 Å². The first kappa shape index (κ1) is 16.9. The number of carbonyl (C=O) groups is 1. The molecule has 2 aromatic carbocycles. The SMILES string of the molecule is Cc1nnnn1/C(=C\c1ccccc1)C(=O)OCc1ccccc1Cl. The summed E-state index contributed by atoms with van der Waals surface area (Å²) in [5.74, 6) is -0.0592. The van der Waals surface area contributed by atoms with Gasteiger partial charge in [0.15, 0.2) is 11.5 Å². The van der Waals surface area contributed by atoms with Crippen LogP contribution in [0.2, 0.25) is 5.02 Å². The van der Waals surface area contributed by atoms with Crippen molar-refractivity contribution in [3.8, 4) is 0 Å². The first-order valence-corrected chi connectivity index (χ1v) is 7.95. The number of hydrogen-bond acceptors (Lipinski definition) is 5. The molecule has 0 aliphatic heterocycles. The molecular formula is C18H15ClN4O2. The molecule has 0 fully saturated rings. The first-order chi connectivity index (χ1) is 12.1. The molecule has 0 bridgehead atoms. The molecular weight excluding hydrogens is 340 g/mol. The van der Waals surface area contributed by atoms with Crippen molar-refractivity contribution in [1.29, 1.82) is 0 Å². The third-order valence-corrected chi connectivity index (χ3v) is 3.85. The zero-order valence-corrected chi connectivity index (χ0v) is 14.2. The van der Waals surface area contributed by atoms with Crippen LogP contribution in [0.25, 0.3) is 11.8 Å². The van der Waals surface area contributed by atoms with Crippen molar-refractivity contribution in [2.24, 2.45) is 0 Å². The highest BCUT2D eigenvalue weighted by Crippen LogP contribution is 2.18. The Morgan fingerprint density at radius 2 is 1.88 bits per heavy atom. The zero-order chi connectivity index (χ0) is 17.6. The lowest BCUT2D eigenvalue weighted by Crippen LogP contribution is -2.15. The van der Waals surface area contributed by atoms with Gasteiger partial charge in [0.05, 0.1) is 0 Å². The molecule has 0 saturated heterocycles. The fraction of sp³-hybridized carbons (Fsp3) is 0.111. The smallest absolute Gasteiger partial charge is 0.357 e. The van der Waals surface area contributed by atoms with Crippen LogP contribution < -0.4 is 0 Å². The summed E-state index contributed by atoms with van der Waals surface area (Å²) in [6, 6.07) is 16.6. The average Bonchev–Trinajstić information content (AvgIpc) is 3.05. The number of hydrogen-bond donors (Lipinski definition) is 0. The third kappa shape index (κ3) is 4.10. The van der Waals surface area contributed by atoms with Gasteiger partial charge in [-0.3, -0.25) is 0 Å². The van der Waals surface area contributed by atoms with Crippen LogP contribution in [0.3, 0.4) is 0 Å². The Kier molecular flexibility index (Phi) is 5.20. The number of rotatable bonds is 5. The van der Waals surface area contributed by atoms with Crippen LogP contribution >= 0.6 is 11.6 Å². The minimum atomic E-state index is -0.542. The summed E-state index contributed by atoms with van der Waals surface area (Å²) in [6.45, 7) is 1.77. The van der Waals surface area contributed by atoms with Gasteiger partial charge in [0.25, 0.3) is 0 Å². The van der Waals surface area contributed by atoms with Gasteiger partial charge in [0, 0.05) is 10.6 Å². The van der Waals surface area contributed by atoms with Gasteiger partial charge in [-0.05, 0) is 35.1 Å². The first-order valence-electron chi connectivity index (χ1n) is 7.58. The second kappa shape index (κ2) is 7.72. The largest absolute Gasteiger partial charge is 0.456 e. The van der Waals surface area contributed by atoms with E-state index in [0.717, 1.165) is 11.1 Å². The van der Waals surface area contributed by atoms with Gasteiger partial charge in [-0.2, -0.15) is 4.68 Å². The summed E-state index contributed by atoms with van der Waals surface area (Å²) >= 11 is 6.10. The maximum absolute atomic E-state index is 12.6. The molecule has 0 spiro atoms. The second-order valence-electron chi connectivity index (χ2n) is 5.25. The molecule has 126 valence electrons. The van der Waals surface area contributed by atoms with Crippen LogP contribution in [0.1, 0.15) is 17.0 Å². The van der Waals surface area contributed by atoms with Crippen molar-refractivity contribution >= 4 is 29.3 Å². The van der Waals surface area contributed by atoms with Crippen molar-refractivity contribution < 1.29 is 9.53 Å². The fourth-order valence-electron chi connectivity index (χ4n) is 2.20. The van der Waals surface area contributed by atoms with Crippen LogP contribution in [-0.4, -0.2) is 26.2 Å². The van der Waals surface area contributed by atoms with Crippen molar-refractivity contribution in [3.05, 3.63) is 76.6 Å². The average molecular weight is 355 g/mol. The molecule has 0 N–H and O–H groups in total. The molecule has 25 heavy (non-hydrogen) atoms. The number of nitrogens with zero attached hydrogens (tertiary/aromatic N) is 4. The summed E-state index contributed by atoms with van der Waals surface area (Å²) in [5.41, 5.74) is 1.79. The minimum Gasteiger partial charge on any atom is -0.456 e. The van der Waals surface area contributed by atoms with E-state index >= 15 is 0 Å². The predicted octanol–water partition coefficient (Wildman–Crippen LogP) is 3.38. The molecule has 0 saturated carbocycles. The van der Waals surface area contributed by atoms with Crippen molar-refractivity contribution in [2.45, 2.75) is 13.5 Å². The lowest BCUT2D eigenvalue weighted by Gasteiger charge is -2.10. The summed E-state index contributed by atoms with van der Waals surface area (Å²) in [5, 5.41) is 11.8. The van der Waals surface area contributed by atoms with E-state index in [1.54, 1.807) is 25.1 Å². The molecule has 0 unspecified atom stereocenters. The van der Waals surface area contributed by atoms with E-state index in [0.29, 0.717) is 10.8 Å². The quantitative estimate of drug-likeness (QED) is 0.519. The molecule has 0 aliphatic carbocycles. The third-order valence-electron chi connectivity index (χ3n) is 3.48. The van der Waals surface area contributed by atoms with Crippen molar-refractivity contribution in [2.75, 3.05) is 0 Å². The Hall–Kier alpha value is -2.99. The molecule has 6 nitrogen and oxygen atoms in total. The fourth-order valence-corrected chi connectivity index (χ4v) is 2.39. The van der Waals surface area contributed by atoms with Crippen LogP contribution in [0, 0.1) is 6.92 Å². The molecule has 0 atom stereocenters. The number of carbonyl (C=O) groups excluding carboxylic acids is 1. The predicted molar refractivity (Wildman–Crippen MR) is 94.4 cm³/mol. The van der Waals surface area contributed by atoms with Crippen molar-refractivity contribution in [1.82, 2.24) is 20.2 Å². The maximum atomic E-state index is 12.6. The highest BCUT2D eigenvalue weighted by molar-refractivity contribution is 6.31. The summed E-state index contributed by atoms with van der Waals surface area (Å²) in [4.78, 5) is 12.6. The summed E-state index contributed by atoms with van der Waals surface area (Å²) < 4.78 is 6.76. The normalized spacial score (nSPS) is 11.4. The maximum Gasteiger partial charge on any atom is 0.357 e. The van der Waals surface area contributed by atoms with E-state index in [4.69, 9.17) is 16.3 Å². The number of tetrazole rings is 1. The highest BCUT2D eigenvalue weighted by atomic mass is 35.5. The lowest BCUT2D eigenvalue weighted by molar-refractivity contribution is -0.138. The van der Waals surface area contributed by atoms with Crippen LogP contribution in [0.4, 0.5) is 0 Å². The molecule has 0 radical (unpaired) electrons. The Bertz CT molecular complexity index is 906. The second-order valence-corrected chi connectivity index (χ2v) is 5.65. The van der Waals surface area contributed by atoms with Crippen molar-refractivity contribution in [3.63, 3.8) is 0 Å². The van der Waals surface area contributed by atoms with E-state index in [-0.39, 0.29) is 12.3 Å². The molecule has 3 rings (SSSR count). The van der Waals surface area contributed by atoms with E-state index in [9.17, 15) is 4.79 Å². The molecule has 1 heterocycles. The van der Waals surface area contributed by atoms with E-state index in [2.05, 4.69) is 15.5 Å². The molecule has 0 aliphatic rings. The van der Waals surface area contributed by atoms with Crippen LogP contribution in [0.5, 0.6) is 0 Å². The Labute approximate surface area is 149 Å². The van der Waals surface area contributed by atoms with Gasteiger partial charge < -0.3 is 4.74 Å². The summed E-state index contributed by atoms with van der Waals surface area (Å²) in [6.07, 6.45) is 1.68. The number of esters is 1. The van der Waals surface area contributed by atoms with Crippen LogP contribution in [-0.2, 0) is 16.1 Å². The highest BCUT2D eigenvalue weighted by Gasteiger charge is 2.18. The standard InChI is InChI=1S/C18H15ClN4O2/c1-13-20-21-22-23(13)17(11-14-7-3-2-4-8-14)18(24)25-12-15-9-5-6-10-16(15)19/h2-11H,12H2,1H3/b17-11-. The Morgan fingerprint density at radius 3 is 2.56 bits per heavy atom. The van der Waals surface area contributed by atoms with Gasteiger partial charge >= 0.3 is 5.97 Å². The van der Waals surface area contributed by atoms with E-state index in [1.165, 1.54) is 4.68 Å². The zero-order valence-electron chi connectivity index (χ0n) is 13.5.